The average molecular weight is 445 g/mol. The van der Waals surface area contributed by atoms with E-state index in [1.807, 2.05) is 36.6 Å². The largest absolute Gasteiger partial charge is 0.459 e. The van der Waals surface area contributed by atoms with Crippen molar-refractivity contribution in [3.8, 4) is 0 Å². The average Bonchev–Trinajstić information content (AvgIpc) is 3.36. The lowest BCUT2D eigenvalue weighted by Gasteiger charge is -2.20. The predicted octanol–water partition coefficient (Wildman–Crippen LogP) is 4.33. The van der Waals surface area contributed by atoms with Crippen molar-refractivity contribution >= 4 is 34.1 Å². The zero-order valence-electron chi connectivity index (χ0n) is 18.3. The van der Waals surface area contributed by atoms with Gasteiger partial charge in [-0.15, -0.1) is 11.3 Å². The van der Waals surface area contributed by atoms with Crippen LogP contribution in [0, 0.1) is 18.3 Å². The number of hydrogen-bond acceptors (Lipinski definition) is 8. The first kappa shape index (κ1) is 21.8. The number of aryl methyl sites for hydroxylation is 1. The van der Waals surface area contributed by atoms with Crippen LogP contribution in [0.15, 0.2) is 29.6 Å². The molecular weight excluding hydrogens is 416 g/mol. The van der Waals surface area contributed by atoms with Gasteiger partial charge in [-0.05, 0) is 31.9 Å². The monoisotopic (exact) mass is 444 g/mol. The molecule has 0 aliphatic carbocycles. The molecule has 2 fully saturated rings. The molecule has 2 saturated heterocycles. The van der Waals surface area contributed by atoms with Crippen LogP contribution in [0.1, 0.15) is 44.9 Å². The van der Waals surface area contributed by atoms with E-state index in [1.165, 1.54) is 16.9 Å². The van der Waals surface area contributed by atoms with Crippen LogP contribution in [0.2, 0.25) is 0 Å². The van der Waals surface area contributed by atoms with Gasteiger partial charge in [0.1, 0.15) is 6.10 Å². The van der Waals surface area contributed by atoms with E-state index in [2.05, 4.69) is 24.1 Å². The number of nitrogens with zero attached hydrogens (tertiary/aromatic N) is 1. The Morgan fingerprint density at radius 2 is 2.00 bits per heavy atom. The Hall–Kier alpha value is -2.45. The molecule has 166 valence electrons. The first-order valence-electron chi connectivity index (χ1n) is 10.5. The van der Waals surface area contributed by atoms with Crippen molar-refractivity contribution in [2.75, 3.05) is 18.5 Å². The highest BCUT2D eigenvalue weighted by Crippen LogP contribution is 2.52. The molecule has 0 amide bonds. The Labute approximate surface area is 186 Å². The van der Waals surface area contributed by atoms with Gasteiger partial charge in [-0.1, -0.05) is 31.5 Å². The first-order chi connectivity index (χ1) is 14.7. The fraction of sp³-hybridized carbons (Fsp3) is 0.522. The van der Waals surface area contributed by atoms with Crippen molar-refractivity contribution in [2.24, 2.45) is 11.3 Å². The maximum atomic E-state index is 12.9. The third-order valence-electron chi connectivity index (χ3n) is 5.69. The van der Waals surface area contributed by atoms with Gasteiger partial charge in [0.25, 0.3) is 0 Å². The van der Waals surface area contributed by atoms with Gasteiger partial charge in [0.2, 0.25) is 0 Å². The molecule has 1 N–H and O–H groups in total. The predicted molar refractivity (Wildman–Crippen MR) is 117 cm³/mol. The minimum Gasteiger partial charge on any atom is -0.459 e. The van der Waals surface area contributed by atoms with Crippen LogP contribution in [0.25, 0.3) is 0 Å². The van der Waals surface area contributed by atoms with Gasteiger partial charge in [-0.25, -0.2) is 4.98 Å². The normalized spacial score (nSPS) is 27.7. The van der Waals surface area contributed by atoms with Crippen LogP contribution in [-0.2, 0) is 29.4 Å². The Morgan fingerprint density at radius 3 is 2.71 bits per heavy atom. The molecule has 2 aromatic rings. The highest BCUT2D eigenvalue weighted by Gasteiger charge is 2.65. The number of anilines is 2. The standard InChI is InChI=1S/C23H28N2O5S/c1-14(2)10-28-11-17-9-23(19(26)29-17)13-22(4,30-20(23)27)18-12-31-21(25-18)24-16-7-5-15(3)6-8-16/h5-8,12,14,17H,9-11,13H2,1-4H3,(H,24,25)/t17-,22-,23-/m0/s1. The van der Waals surface area contributed by atoms with Gasteiger partial charge in [0.15, 0.2) is 16.1 Å². The molecule has 1 spiro atoms. The maximum absolute atomic E-state index is 12.9. The molecule has 2 aliphatic rings. The van der Waals surface area contributed by atoms with Crippen LogP contribution < -0.4 is 5.32 Å². The van der Waals surface area contributed by atoms with E-state index in [9.17, 15) is 9.59 Å². The molecule has 3 heterocycles. The lowest BCUT2D eigenvalue weighted by atomic mass is 9.78. The van der Waals surface area contributed by atoms with Gasteiger partial charge in [-0.3, -0.25) is 9.59 Å². The van der Waals surface area contributed by atoms with E-state index < -0.39 is 29.1 Å². The third-order valence-corrected chi connectivity index (χ3v) is 6.45. The van der Waals surface area contributed by atoms with Crippen molar-refractivity contribution in [1.29, 1.82) is 0 Å². The Balaban J connectivity index is 1.46. The van der Waals surface area contributed by atoms with E-state index in [0.717, 1.165) is 5.69 Å². The van der Waals surface area contributed by atoms with Gasteiger partial charge >= 0.3 is 11.9 Å². The van der Waals surface area contributed by atoms with E-state index >= 15 is 0 Å². The first-order valence-corrected chi connectivity index (χ1v) is 11.4. The molecule has 1 aromatic carbocycles. The molecule has 2 aliphatic heterocycles. The van der Waals surface area contributed by atoms with E-state index in [1.54, 1.807) is 6.92 Å². The zero-order chi connectivity index (χ0) is 22.2. The number of carbonyl (C=O) groups excluding carboxylic acids is 2. The molecule has 4 rings (SSSR count). The van der Waals surface area contributed by atoms with E-state index in [4.69, 9.17) is 14.2 Å². The second-order valence-electron chi connectivity index (χ2n) is 9.07. The van der Waals surface area contributed by atoms with Gasteiger partial charge in [-0.2, -0.15) is 0 Å². The lowest BCUT2D eigenvalue weighted by molar-refractivity contribution is -0.160. The molecule has 3 atom stereocenters. The van der Waals surface area contributed by atoms with Gasteiger partial charge in [0, 0.05) is 30.5 Å². The number of nitrogens with one attached hydrogen (secondary N) is 1. The molecule has 0 bridgehead atoms. The minimum atomic E-state index is -1.28. The number of aromatic nitrogens is 1. The topological polar surface area (TPSA) is 86.8 Å². The Kier molecular flexibility index (Phi) is 5.79. The fourth-order valence-corrected chi connectivity index (χ4v) is 4.93. The van der Waals surface area contributed by atoms with Crippen LogP contribution >= 0.6 is 11.3 Å². The van der Waals surface area contributed by atoms with E-state index in [-0.39, 0.29) is 19.4 Å². The zero-order valence-corrected chi connectivity index (χ0v) is 19.1. The highest BCUT2D eigenvalue weighted by atomic mass is 32.1. The molecule has 31 heavy (non-hydrogen) atoms. The summed E-state index contributed by atoms with van der Waals surface area (Å²) in [6.07, 6.45) is 0.0542. The van der Waals surface area contributed by atoms with Crippen molar-refractivity contribution < 1.29 is 23.8 Å². The van der Waals surface area contributed by atoms with E-state index in [0.29, 0.717) is 23.4 Å². The van der Waals surface area contributed by atoms with Crippen molar-refractivity contribution in [3.05, 3.63) is 40.9 Å². The summed E-state index contributed by atoms with van der Waals surface area (Å²) in [5.41, 5.74) is 0.477. The molecule has 0 saturated carbocycles. The summed E-state index contributed by atoms with van der Waals surface area (Å²) in [4.78, 5) is 30.2. The second-order valence-corrected chi connectivity index (χ2v) is 9.93. The number of benzene rings is 1. The van der Waals surface area contributed by atoms with Crippen LogP contribution in [0.3, 0.4) is 0 Å². The second kappa shape index (κ2) is 8.24. The molecule has 0 unspecified atom stereocenters. The fourth-order valence-electron chi connectivity index (χ4n) is 4.08. The van der Waals surface area contributed by atoms with Gasteiger partial charge in [0.05, 0.1) is 12.3 Å². The SMILES string of the molecule is Cc1ccc(Nc2nc([C@]3(C)C[C@]4(C[C@@H](COCC(C)C)OC4=O)C(=O)O3)cs2)cc1. The highest BCUT2D eigenvalue weighted by molar-refractivity contribution is 7.13. The smallest absolute Gasteiger partial charge is 0.324 e. The summed E-state index contributed by atoms with van der Waals surface area (Å²) in [6.45, 7) is 8.82. The number of thiazole rings is 1. The number of cyclic esters (lactones) is 2. The third kappa shape index (κ3) is 4.32. The molecule has 7 nitrogen and oxygen atoms in total. The van der Waals surface area contributed by atoms with Crippen molar-refractivity contribution in [1.82, 2.24) is 4.98 Å². The van der Waals surface area contributed by atoms with Crippen molar-refractivity contribution in [2.45, 2.75) is 52.2 Å². The maximum Gasteiger partial charge on any atom is 0.324 e. The summed E-state index contributed by atoms with van der Waals surface area (Å²) >= 11 is 1.43. The minimum absolute atomic E-state index is 0.214. The summed E-state index contributed by atoms with van der Waals surface area (Å²) < 4.78 is 16.8. The molecular formula is C23H28N2O5S. The van der Waals surface area contributed by atoms with Crippen LogP contribution in [0.4, 0.5) is 10.8 Å². The van der Waals surface area contributed by atoms with Gasteiger partial charge < -0.3 is 19.5 Å². The molecule has 1 aromatic heterocycles. The summed E-state index contributed by atoms with van der Waals surface area (Å²) in [5, 5.41) is 5.84. The van der Waals surface area contributed by atoms with Crippen molar-refractivity contribution in [3.63, 3.8) is 0 Å². The number of esters is 2. The number of carbonyl (C=O) groups is 2. The number of rotatable bonds is 7. The number of hydrogen-bond donors (Lipinski definition) is 1. The summed E-state index contributed by atoms with van der Waals surface area (Å²) in [6, 6.07) is 8.01. The lowest BCUT2D eigenvalue weighted by Crippen LogP contribution is -2.32. The quantitative estimate of drug-likeness (QED) is 0.502. The number of ether oxygens (including phenoxy) is 3. The Morgan fingerprint density at radius 1 is 1.26 bits per heavy atom. The van der Waals surface area contributed by atoms with Crippen LogP contribution in [0.5, 0.6) is 0 Å². The molecule has 8 heteroatoms. The summed E-state index contributed by atoms with van der Waals surface area (Å²) in [7, 11) is 0. The van der Waals surface area contributed by atoms with Crippen LogP contribution in [-0.4, -0.2) is 36.2 Å². The molecule has 0 radical (unpaired) electrons. The Bertz CT molecular complexity index is 973. The summed E-state index contributed by atoms with van der Waals surface area (Å²) in [5.74, 6) is -0.668.